The minimum Gasteiger partial charge on any atom is -0.290 e. The van der Waals surface area contributed by atoms with Gasteiger partial charge in [0.1, 0.15) is 0 Å². The lowest BCUT2D eigenvalue weighted by molar-refractivity contribution is 0.185. The first-order valence-electron chi connectivity index (χ1n) is 5.05. The molecular formula is C12H21N. The SMILES string of the molecule is C/C=C1/CN(C(C)(C)C)C/C1=C/C. The van der Waals surface area contributed by atoms with Gasteiger partial charge in [-0.3, -0.25) is 4.90 Å². The molecule has 1 fully saturated rings. The minimum atomic E-state index is 0.291. The van der Waals surface area contributed by atoms with E-state index in [1.807, 2.05) is 0 Å². The molecule has 1 aliphatic rings. The highest BCUT2D eigenvalue weighted by Crippen LogP contribution is 2.27. The third kappa shape index (κ3) is 2.22. The Morgan fingerprint density at radius 1 is 1.00 bits per heavy atom. The normalized spacial score (nSPS) is 26.2. The van der Waals surface area contributed by atoms with Crippen LogP contribution in [0.5, 0.6) is 0 Å². The van der Waals surface area contributed by atoms with Gasteiger partial charge in [-0.25, -0.2) is 0 Å². The molecule has 74 valence electrons. The fraction of sp³-hybridized carbons (Fsp3) is 0.667. The van der Waals surface area contributed by atoms with E-state index in [1.165, 1.54) is 11.1 Å². The van der Waals surface area contributed by atoms with Crippen LogP contribution in [0.25, 0.3) is 0 Å². The van der Waals surface area contributed by atoms with Crippen molar-refractivity contribution in [3.05, 3.63) is 23.3 Å². The largest absolute Gasteiger partial charge is 0.290 e. The van der Waals surface area contributed by atoms with Gasteiger partial charge in [-0.05, 0) is 45.8 Å². The van der Waals surface area contributed by atoms with Crippen LogP contribution in [0, 0.1) is 0 Å². The van der Waals surface area contributed by atoms with Crippen LogP contribution < -0.4 is 0 Å². The quantitative estimate of drug-likeness (QED) is 0.552. The number of nitrogens with zero attached hydrogens (tertiary/aromatic N) is 1. The van der Waals surface area contributed by atoms with Crippen molar-refractivity contribution >= 4 is 0 Å². The Morgan fingerprint density at radius 3 is 1.62 bits per heavy atom. The second-order valence-electron chi connectivity index (χ2n) is 4.65. The zero-order valence-corrected chi connectivity index (χ0v) is 9.52. The summed E-state index contributed by atoms with van der Waals surface area (Å²) < 4.78 is 0. The molecule has 1 heterocycles. The maximum atomic E-state index is 2.51. The fourth-order valence-corrected chi connectivity index (χ4v) is 1.70. The first-order valence-corrected chi connectivity index (χ1v) is 5.05. The van der Waals surface area contributed by atoms with Gasteiger partial charge in [0.15, 0.2) is 0 Å². The number of hydrogen-bond donors (Lipinski definition) is 0. The van der Waals surface area contributed by atoms with Crippen molar-refractivity contribution in [2.75, 3.05) is 13.1 Å². The molecule has 0 spiro atoms. The highest BCUT2D eigenvalue weighted by atomic mass is 15.2. The van der Waals surface area contributed by atoms with Crippen molar-refractivity contribution in [1.82, 2.24) is 4.90 Å². The topological polar surface area (TPSA) is 3.24 Å². The Balaban J connectivity index is 2.82. The van der Waals surface area contributed by atoms with Crippen LogP contribution in [-0.2, 0) is 0 Å². The molecule has 0 aromatic rings. The average molecular weight is 179 g/mol. The Bertz CT molecular complexity index is 220. The van der Waals surface area contributed by atoms with Crippen molar-refractivity contribution in [2.24, 2.45) is 0 Å². The highest BCUT2D eigenvalue weighted by Gasteiger charge is 2.28. The molecule has 0 N–H and O–H groups in total. The summed E-state index contributed by atoms with van der Waals surface area (Å²) in [7, 11) is 0. The van der Waals surface area contributed by atoms with Crippen LogP contribution in [-0.4, -0.2) is 23.5 Å². The van der Waals surface area contributed by atoms with Crippen LogP contribution in [0.4, 0.5) is 0 Å². The van der Waals surface area contributed by atoms with Crippen molar-refractivity contribution < 1.29 is 0 Å². The van der Waals surface area contributed by atoms with Crippen molar-refractivity contribution in [2.45, 2.75) is 40.2 Å². The van der Waals surface area contributed by atoms with Gasteiger partial charge in [0.2, 0.25) is 0 Å². The molecule has 0 unspecified atom stereocenters. The van der Waals surface area contributed by atoms with E-state index in [2.05, 4.69) is 51.7 Å². The molecule has 0 bridgehead atoms. The Labute approximate surface area is 82.1 Å². The van der Waals surface area contributed by atoms with Gasteiger partial charge in [0, 0.05) is 18.6 Å². The molecule has 1 rings (SSSR count). The highest BCUT2D eigenvalue weighted by molar-refractivity contribution is 5.37. The van der Waals surface area contributed by atoms with Gasteiger partial charge in [0.05, 0.1) is 0 Å². The van der Waals surface area contributed by atoms with E-state index < -0.39 is 0 Å². The third-order valence-electron chi connectivity index (χ3n) is 2.78. The maximum absolute atomic E-state index is 2.51. The lowest BCUT2D eigenvalue weighted by atomic mass is 10.1. The first kappa shape index (κ1) is 10.5. The first-order chi connectivity index (χ1) is 5.99. The van der Waals surface area contributed by atoms with Crippen molar-refractivity contribution in [1.29, 1.82) is 0 Å². The van der Waals surface area contributed by atoms with Crippen molar-refractivity contribution in [3.63, 3.8) is 0 Å². The average Bonchev–Trinajstić information content (AvgIpc) is 2.45. The maximum Gasteiger partial charge on any atom is 0.0242 e. The smallest absolute Gasteiger partial charge is 0.0242 e. The number of likely N-dealkylation sites (tertiary alicyclic amines) is 1. The summed E-state index contributed by atoms with van der Waals surface area (Å²) in [5.41, 5.74) is 3.29. The summed E-state index contributed by atoms with van der Waals surface area (Å²) in [6, 6.07) is 0. The second kappa shape index (κ2) is 3.67. The molecule has 13 heavy (non-hydrogen) atoms. The minimum absolute atomic E-state index is 0.291. The molecule has 0 aromatic carbocycles. The van der Waals surface area contributed by atoms with Crippen LogP contribution in [0.1, 0.15) is 34.6 Å². The van der Waals surface area contributed by atoms with Gasteiger partial charge in [-0.15, -0.1) is 0 Å². The molecule has 1 saturated heterocycles. The standard InChI is InChI=1S/C12H21N/c1-6-10-8-13(12(3,4)5)9-11(10)7-2/h6-7H,8-9H2,1-5H3/b10-6-,11-7-. The summed E-state index contributed by atoms with van der Waals surface area (Å²) in [6.45, 7) is 13.3. The van der Waals surface area contributed by atoms with Crippen molar-refractivity contribution in [3.8, 4) is 0 Å². The van der Waals surface area contributed by atoms with E-state index in [4.69, 9.17) is 0 Å². The summed E-state index contributed by atoms with van der Waals surface area (Å²) in [5, 5.41) is 0. The van der Waals surface area contributed by atoms with Crippen LogP contribution in [0.2, 0.25) is 0 Å². The lowest BCUT2D eigenvalue weighted by Gasteiger charge is -2.30. The van der Waals surface area contributed by atoms with Gasteiger partial charge < -0.3 is 0 Å². The predicted molar refractivity (Wildman–Crippen MR) is 58.8 cm³/mol. The van der Waals surface area contributed by atoms with E-state index in [9.17, 15) is 0 Å². The van der Waals surface area contributed by atoms with Gasteiger partial charge in [0.25, 0.3) is 0 Å². The number of allylic oxidation sites excluding steroid dienone is 2. The van der Waals surface area contributed by atoms with E-state index in [-0.39, 0.29) is 0 Å². The molecule has 0 aliphatic carbocycles. The van der Waals surface area contributed by atoms with Gasteiger partial charge in [-0.2, -0.15) is 0 Å². The van der Waals surface area contributed by atoms with E-state index in [0.717, 1.165) is 13.1 Å². The summed E-state index contributed by atoms with van der Waals surface area (Å²) in [4.78, 5) is 2.51. The van der Waals surface area contributed by atoms with Crippen LogP contribution in [0.15, 0.2) is 23.3 Å². The summed E-state index contributed by atoms with van der Waals surface area (Å²) in [5.74, 6) is 0. The van der Waals surface area contributed by atoms with E-state index in [0.29, 0.717) is 5.54 Å². The Hall–Kier alpha value is -0.560. The zero-order valence-electron chi connectivity index (χ0n) is 9.52. The lowest BCUT2D eigenvalue weighted by Crippen LogP contribution is -2.39. The number of rotatable bonds is 0. The zero-order chi connectivity index (χ0) is 10.1. The molecule has 0 saturated carbocycles. The molecule has 1 heteroatoms. The van der Waals surface area contributed by atoms with Gasteiger partial charge >= 0.3 is 0 Å². The van der Waals surface area contributed by atoms with E-state index in [1.54, 1.807) is 0 Å². The molecule has 1 aliphatic heterocycles. The molecule has 1 nitrogen and oxygen atoms in total. The monoisotopic (exact) mass is 179 g/mol. The summed E-state index contributed by atoms with van der Waals surface area (Å²) >= 11 is 0. The molecule has 0 amide bonds. The Kier molecular flexibility index (Phi) is 2.97. The second-order valence-corrected chi connectivity index (χ2v) is 4.65. The van der Waals surface area contributed by atoms with E-state index >= 15 is 0 Å². The van der Waals surface area contributed by atoms with Gasteiger partial charge in [-0.1, -0.05) is 12.2 Å². The fourth-order valence-electron chi connectivity index (χ4n) is 1.70. The molecule has 0 atom stereocenters. The molecule has 0 radical (unpaired) electrons. The summed E-state index contributed by atoms with van der Waals surface area (Å²) in [6.07, 6.45) is 4.47. The predicted octanol–water partition coefficient (Wildman–Crippen LogP) is 2.99. The van der Waals surface area contributed by atoms with Crippen LogP contribution in [0.3, 0.4) is 0 Å². The molecular weight excluding hydrogens is 158 g/mol. The molecule has 0 aromatic heterocycles. The Morgan fingerprint density at radius 2 is 1.38 bits per heavy atom. The third-order valence-corrected chi connectivity index (χ3v) is 2.78. The van der Waals surface area contributed by atoms with Crippen LogP contribution >= 0.6 is 0 Å². The number of hydrogen-bond acceptors (Lipinski definition) is 1.